The van der Waals surface area contributed by atoms with E-state index in [1.54, 1.807) is 0 Å². The number of nitrogens with zero attached hydrogens (tertiary/aromatic N) is 1. The van der Waals surface area contributed by atoms with Gasteiger partial charge in [-0.15, -0.1) is 0 Å². The van der Waals surface area contributed by atoms with E-state index in [9.17, 15) is 4.39 Å². The molecule has 18 heavy (non-hydrogen) atoms. The highest BCUT2D eigenvalue weighted by Crippen LogP contribution is 2.09. The molecule has 1 N–H and O–H groups in total. The van der Waals surface area contributed by atoms with E-state index in [2.05, 4.69) is 11.9 Å². The smallest absolute Gasteiger partial charge is 0.123 e. The summed E-state index contributed by atoms with van der Waals surface area (Å²) in [6, 6.07) is 6.20. The molecule has 0 spiro atoms. The number of hydrogen-bond donors (Lipinski definition) is 1. The van der Waals surface area contributed by atoms with Gasteiger partial charge in [-0.3, -0.25) is 0 Å². The molecule has 0 radical (unpaired) electrons. The highest BCUT2D eigenvalue weighted by atomic mass is 19.1. The lowest BCUT2D eigenvalue weighted by atomic mass is 10.1. The third-order valence-corrected chi connectivity index (χ3v) is 2.27. The minimum Gasteiger partial charge on any atom is -0.376 e. The van der Waals surface area contributed by atoms with Crippen molar-refractivity contribution in [1.82, 2.24) is 5.32 Å². The zero-order valence-electron chi connectivity index (χ0n) is 10.5. The number of rotatable bonds is 7. The second-order valence-electron chi connectivity index (χ2n) is 4.10. The summed E-state index contributed by atoms with van der Waals surface area (Å²) in [7, 11) is 0. The highest BCUT2D eigenvalue weighted by molar-refractivity contribution is 5.37. The van der Waals surface area contributed by atoms with E-state index >= 15 is 0 Å². The molecule has 1 rings (SSSR count). The molecule has 0 amide bonds. The van der Waals surface area contributed by atoms with Gasteiger partial charge >= 0.3 is 0 Å². The molecule has 0 saturated heterocycles. The van der Waals surface area contributed by atoms with E-state index in [4.69, 9.17) is 10.00 Å². The van der Waals surface area contributed by atoms with Gasteiger partial charge in [0.1, 0.15) is 5.82 Å². The lowest BCUT2D eigenvalue weighted by Gasteiger charge is -2.07. The summed E-state index contributed by atoms with van der Waals surface area (Å²) >= 11 is 0. The van der Waals surface area contributed by atoms with Crippen LogP contribution < -0.4 is 5.32 Å². The molecule has 4 heteroatoms. The summed E-state index contributed by atoms with van der Waals surface area (Å²) in [4.78, 5) is 0. The van der Waals surface area contributed by atoms with Crippen molar-refractivity contribution in [3.8, 4) is 6.07 Å². The fraction of sp³-hybridized carbons (Fsp3) is 0.357. The first-order chi connectivity index (χ1) is 8.63. The topological polar surface area (TPSA) is 45.0 Å². The quantitative estimate of drug-likeness (QED) is 0.595. The predicted octanol–water partition coefficient (Wildman–Crippen LogP) is 2.38. The minimum absolute atomic E-state index is 0.329. The fourth-order valence-corrected chi connectivity index (χ4v) is 1.43. The van der Waals surface area contributed by atoms with Gasteiger partial charge in [-0.2, -0.15) is 5.26 Å². The molecule has 0 atom stereocenters. The standard InChI is InChI=1S/C14H17FN2O/c1-11(2)10-18-6-5-17-9-13-7-14(15)4-3-12(13)8-16/h3-4,7,17H,1,5-6,9-10H2,2H3. The molecule has 0 saturated carbocycles. The lowest BCUT2D eigenvalue weighted by Crippen LogP contribution is -2.20. The number of benzene rings is 1. The molecule has 0 fully saturated rings. The van der Waals surface area contributed by atoms with Crippen molar-refractivity contribution in [1.29, 1.82) is 5.26 Å². The summed E-state index contributed by atoms with van der Waals surface area (Å²) in [6.07, 6.45) is 0. The third-order valence-electron chi connectivity index (χ3n) is 2.27. The van der Waals surface area contributed by atoms with Gasteiger partial charge in [0.2, 0.25) is 0 Å². The van der Waals surface area contributed by atoms with E-state index < -0.39 is 0 Å². The van der Waals surface area contributed by atoms with Crippen molar-refractivity contribution in [2.75, 3.05) is 19.8 Å². The Morgan fingerprint density at radius 2 is 2.33 bits per heavy atom. The Labute approximate surface area is 107 Å². The molecule has 0 aliphatic carbocycles. The van der Waals surface area contributed by atoms with Crippen LogP contribution in [0.4, 0.5) is 4.39 Å². The van der Waals surface area contributed by atoms with Crippen LogP contribution in [0.5, 0.6) is 0 Å². The van der Waals surface area contributed by atoms with Gasteiger partial charge in [0.25, 0.3) is 0 Å². The fourth-order valence-electron chi connectivity index (χ4n) is 1.43. The molecule has 1 aromatic carbocycles. The molecule has 0 aromatic heterocycles. The molecule has 1 aromatic rings. The molecule has 0 unspecified atom stereocenters. The van der Waals surface area contributed by atoms with Crippen LogP contribution in [0.15, 0.2) is 30.4 Å². The van der Waals surface area contributed by atoms with Crippen molar-refractivity contribution >= 4 is 0 Å². The Balaban J connectivity index is 2.33. The molecule has 0 aliphatic heterocycles. The number of halogens is 1. The number of ether oxygens (including phenoxy) is 1. The van der Waals surface area contributed by atoms with E-state index in [1.165, 1.54) is 18.2 Å². The summed E-state index contributed by atoms with van der Waals surface area (Å²) in [6.45, 7) is 7.84. The zero-order chi connectivity index (χ0) is 13.4. The predicted molar refractivity (Wildman–Crippen MR) is 68.5 cm³/mol. The largest absolute Gasteiger partial charge is 0.376 e. The SMILES string of the molecule is C=C(C)COCCNCc1cc(F)ccc1C#N. The van der Waals surface area contributed by atoms with Crippen LogP contribution in [0.25, 0.3) is 0 Å². The summed E-state index contributed by atoms with van der Waals surface area (Å²) in [5, 5.41) is 12.0. The second-order valence-corrected chi connectivity index (χ2v) is 4.10. The van der Waals surface area contributed by atoms with Crippen molar-refractivity contribution in [2.45, 2.75) is 13.5 Å². The molecule has 0 aliphatic rings. The van der Waals surface area contributed by atoms with Crippen LogP contribution in [-0.2, 0) is 11.3 Å². The lowest BCUT2D eigenvalue weighted by molar-refractivity contribution is 0.157. The Kier molecular flexibility index (Phi) is 6.06. The number of hydrogen-bond acceptors (Lipinski definition) is 3. The summed E-state index contributed by atoms with van der Waals surface area (Å²) in [5.74, 6) is -0.329. The van der Waals surface area contributed by atoms with Gasteiger partial charge < -0.3 is 10.1 Å². The molecular formula is C14H17FN2O. The number of nitrogens with one attached hydrogen (secondary N) is 1. The Morgan fingerprint density at radius 3 is 3.00 bits per heavy atom. The van der Waals surface area contributed by atoms with E-state index in [-0.39, 0.29) is 5.82 Å². The Morgan fingerprint density at radius 1 is 1.56 bits per heavy atom. The van der Waals surface area contributed by atoms with Crippen LogP contribution in [0.3, 0.4) is 0 Å². The molecule has 96 valence electrons. The first-order valence-corrected chi connectivity index (χ1v) is 5.75. The Bertz CT molecular complexity index is 452. The van der Waals surface area contributed by atoms with E-state index in [0.29, 0.717) is 37.4 Å². The maximum atomic E-state index is 13.0. The van der Waals surface area contributed by atoms with Crippen LogP contribution >= 0.6 is 0 Å². The zero-order valence-corrected chi connectivity index (χ0v) is 10.5. The maximum Gasteiger partial charge on any atom is 0.123 e. The van der Waals surface area contributed by atoms with Crippen LogP contribution in [-0.4, -0.2) is 19.8 Å². The van der Waals surface area contributed by atoms with Gasteiger partial charge in [-0.1, -0.05) is 12.2 Å². The van der Waals surface area contributed by atoms with Crippen molar-refractivity contribution in [2.24, 2.45) is 0 Å². The first kappa shape index (κ1) is 14.4. The van der Waals surface area contributed by atoms with Crippen molar-refractivity contribution in [3.05, 3.63) is 47.3 Å². The molecule has 3 nitrogen and oxygen atoms in total. The van der Waals surface area contributed by atoms with Crippen molar-refractivity contribution < 1.29 is 9.13 Å². The maximum absolute atomic E-state index is 13.0. The third kappa shape index (κ3) is 5.09. The van der Waals surface area contributed by atoms with Gasteiger partial charge in [0.05, 0.1) is 24.8 Å². The molecule has 0 bridgehead atoms. The summed E-state index contributed by atoms with van der Waals surface area (Å²) in [5.41, 5.74) is 2.14. The second kappa shape index (κ2) is 7.59. The Hall–Kier alpha value is -1.70. The van der Waals surface area contributed by atoms with E-state index in [1.807, 2.05) is 13.0 Å². The van der Waals surface area contributed by atoms with Gasteiger partial charge in [0, 0.05) is 13.1 Å². The highest BCUT2D eigenvalue weighted by Gasteiger charge is 2.03. The van der Waals surface area contributed by atoms with Crippen LogP contribution in [0.1, 0.15) is 18.1 Å². The molecular weight excluding hydrogens is 231 g/mol. The van der Waals surface area contributed by atoms with Gasteiger partial charge in [0.15, 0.2) is 0 Å². The average molecular weight is 248 g/mol. The molecule has 0 heterocycles. The normalized spacial score (nSPS) is 10.1. The average Bonchev–Trinajstić information content (AvgIpc) is 2.33. The van der Waals surface area contributed by atoms with Crippen molar-refractivity contribution in [3.63, 3.8) is 0 Å². The van der Waals surface area contributed by atoms with Crippen LogP contribution in [0, 0.1) is 17.1 Å². The first-order valence-electron chi connectivity index (χ1n) is 5.75. The van der Waals surface area contributed by atoms with Crippen LogP contribution in [0.2, 0.25) is 0 Å². The van der Waals surface area contributed by atoms with Gasteiger partial charge in [-0.25, -0.2) is 4.39 Å². The van der Waals surface area contributed by atoms with E-state index in [0.717, 1.165) is 5.57 Å². The number of nitriles is 1. The summed E-state index contributed by atoms with van der Waals surface area (Å²) < 4.78 is 18.3. The monoisotopic (exact) mass is 248 g/mol. The van der Waals surface area contributed by atoms with Gasteiger partial charge in [-0.05, 0) is 30.7 Å². The minimum atomic E-state index is -0.329.